The summed E-state index contributed by atoms with van der Waals surface area (Å²) in [5, 5.41) is 0. The van der Waals surface area contributed by atoms with Gasteiger partial charge in [0.1, 0.15) is 0 Å². The van der Waals surface area contributed by atoms with Crippen LogP contribution in [0, 0.1) is 12.8 Å². The highest BCUT2D eigenvalue weighted by atomic mass is 19.4. The van der Waals surface area contributed by atoms with E-state index in [4.69, 9.17) is 0 Å². The van der Waals surface area contributed by atoms with Gasteiger partial charge in [-0.15, -0.1) is 0 Å². The van der Waals surface area contributed by atoms with E-state index >= 15 is 0 Å². The van der Waals surface area contributed by atoms with E-state index < -0.39 is 23.5 Å². The molecule has 0 radical (unpaired) electrons. The molecule has 0 spiro atoms. The van der Waals surface area contributed by atoms with Crippen molar-refractivity contribution in [1.29, 1.82) is 0 Å². The summed E-state index contributed by atoms with van der Waals surface area (Å²) in [6, 6.07) is 8.58. The summed E-state index contributed by atoms with van der Waals surface area (Å²) in [5.74, 6) is -0.391. The number of piperazine rings is 1. The van der Waals surface area contributed by atoms with Crippen LogP contribution in [0.2, 0.25) is 0 Å². The van der Waals surface area contributed by atoms with Crippen molar-refractivity contribution >= 4 is 11.6 Å². The van der Waals surface area contributed by atoms with E-state index in [0.29, 0.717) is 38.3 Å². The van der Waals surface area contributed by atoms with E-state index in [9.17, 15) is 31.1 Å². The Bertz CT molecular complexity index is 991. The second-order valence-electron chi connectivity index (χ2n) is 8.38. The van der Waals surface area contributed by atoms with Crippen LogP contribution in [0.1, 0.15) is 34.6 Å². The summed E-state index contributed by atoms with van der Waals surface area (Å²) < 4.78 is 77.4. The van der Waals surface area contributed by atoms with Gasteiger partial charge in [0.2, 0.25) is 5.91 Å². The largest absolute Gasteiger partial charge is 0.416 e. The SMILES string of the molecule is Cc1ccc(C(F)(F)F)cc1N1CCN(C(=O)[C@@H]2CC2c2ccc(C(F)(F)F)cc2)CC1. The summed E-state index contributed by atoms with van der Waals surface area (Å²) in [6.45, 7) is 3.39. The fourth-order valence-corrected chi connectivity index (χ4v) is 4.28. The summed E-state index contributed by atoms with van der Waals surface area (Å²) in [5.41, 5.74) is 0.553. The Kier molecular flexibility index (Phi) is 5.63. The topological polar surface area (TPSA) is 23.6 Å². The molecule has 3 nitrogen and oxygen atoms in total. The zero-order valence-electron chi connectivity index (χ0n) is 17.3. The van der Waals surface area contributed by atoms with E-state index in [2.05, 4.69) is 0 Å². The first kappa shape index (κ1) is 22.5. The van der Waals surface area contributed by atoms with Crippen LogP contribution in [0.5, 0.6) is 0 Å². The highest BCUT2D eigenvalue weighted by Crippen LogP contribution is 2.49. The molecule has 0 N–H and O–H groups in total. The van der Waals surface area contributed by atoms with Gasteiger partial charge in [-0.1, -0.05) is 18.2 Å². The fraction of sp³-hybridized carbons (Fsp3) is 0.435. The Hall–Kier alpha value is -2.71. The number of aryl methyl sites for hydroxylation is 1. The average molecular weight is 456 g/mol. The minimum Gasteiger partial charge on any atom is -0.368 e. The molecule has 9 heteroatoms. The van der Waals surface area contributed by atoms with Crippen LogP contribution in [0.3, 0.4) is 0 Å². The van der Waals surface area contributed by atoms with Crippen molar-refractivity contribution in [2.45, 2.75) is 31.6 Å². The molecule has 2 atom stereocenters. The van der Waals surface area contributed by atoms with Gasteiger partial charge in [-0.3, -0.25) is 4.79 Å². The van der Waals surface area contributed by atoms with Crippen molar-refractivity contribution in [1.82, 2.24) is 4.90 Å². The maximum absolute atomic E-state index is 13.1. The van der Waals surface area contributed by atoms with E-state index in [1.807, 2.05) is 4.90 Å². The Morgan fingerprint density at radius 1 is 0.844 bits per heavy atom. The van der Waals surface area contributed by atoms with Gasteiger partial charge >= 0.3 is 12.4 Å². The maximum Gasteiger partial charge on any atom is 0.416 e. The zero-order chi connectivity index (χ0) is 23.3. The van der Waals surface area contributed by atoms with Crippen LogP contribution in [0.4, 0.5) is 32.0 Å². The third-order valence-electron chi connectivity index (χ3n) is 6.24. The lowest BCUT2D eigenvalue weighted by Crippen LogP contribution is -2.49. The minimum atomic E-state index is -4.42. The van der Waals surface area contributed by atoms with Gasteiger partial charge in [-0.2, -0.15) is 26.3 Å². The van der Waals surface area contributed by atoms with Crippen molar-refractivity contribution in [2.75, 3.05) is 31.1 Å². The molecule has 0 aromatic heterocycles. The van der Waals surface area contributed by atoms with Crippen LogP contribution in [-0.4, -0.2) is 37.0 Å². The molecule has 2 aliphatic rings. The normalized spacial score (nSPS) is 21.6. The van der Waals surface area contributed by atoms with Crippen molar-refractivity contribution in [3.8, 4) is 0 Å². The summed E-state index contributed by atoms with van der Waals surface area (Å²) >= 11 is 0. The standard InChI is InChI=1S/C23H22F6N2O/c1-14-2-5-17(23(27,28)29)12-20(14)30-8-10-31(11-9-30)21(32)19-13-18(19)15-3-6-16(7-4-15)22(24,25)26/h2-7,12,18-19H,8-11,13H2,1H3/t18?,19-/m1/s1. The molecular formula is C23H22F6N2O. The van der Waals surface area contributed by atoms with Gasteiger partial charge < -0.3 is 9.80 Å². The fourth-order valence-electron chi connectivity index (χ4n) is 4.28. The van der Waals surface area contributed by atoms with E-state index in [-0.39, 0.29) is 17.7 Å². The number of alkyl halides is 6. The molecule has 1 saturated carbocycles. The Balaban J connectivity index is 1.36. The van der Waals surface area contributed by atoms with Gasteiger partial charge in [0, 0.05) is 37.8 Å². The smallest absolute Gasteiger partial charge is 0.368 e. The summed E-state index contributed by atoms with van der Waals surface area (Å²) in [4.78, 5) is 16.4. The molecule has 0 bridgehead atoms. The van der Waals surface area contributed by atoms with Crippen molar-refractivity contribution < 1.29 is 31.1 Å². The second kappa shape index (κ2) is 8.01. The molecule has 1 unspecified atom stereocenters. The Morgan fingerprint density at radius 3 is 1.97 bits per heavy atom. The second-order valence-corrected chi connectivity index (χ2v) is 8.38. The third kappa shape index (κ3) is 4.56. The highest BCUT2D eigenvalue weighted by Gasteiger charge is 2.46. The minimum absolute atomic E-state index is 0.0460. The van der Waals surface area contributed by atoms with Gasteiger partial charge in [0.15, 0.2) is 0 Å². The average Bonchev–Trinajstić information content (AvgIpc) is 3.53. The number of hydrogen-bond donors (Lipinski definition) is 0. The zero-order valence-corrected chi connectivity index (χ0v) is 17.3. The lowest BCUT2D eigenvalue weighted by atomic mass is 10.1. The van der Waals surface area contributed by atoms with Crippen LogP contribution in [0.25, 0.3) is 0 Å². The molecule has 32 heavy (non-hydrogen) atoms. The summed E-state index contributed by atoms with van der Waals surface area (Å²) in [7, 11) is 0. The molecule has 172 valence electrons. The van der Waals surface area contributed by atoms with Gasteiger partial charge in [0.05, 0.1) is 11.1 Å². The predicted octanol–water partition coefficient (Wildman–Crippen LogP) is 5.48. The predicted molar refractivity (Wildman–Crippen MR) is 107 cm³/mol. The molecule has 1 aliphatic heterocycles. The molecule has 2 fully saturated rings. The number of halogens is 6. The van der Waals surface area contributed by atoms with Crippen molar-refractivity contribution in [2.24, 2.45) is 5.92 Å². The molecule has 1 aliphatic carbocycles. The van der Waals surface area contributed by atoms with Crippen molar-refractivity contribution in [3.63, 3.8) is 0 Å². The van der Waals surface area contributed by atoms with Crippen LogP contribution in [0.15, 0.2) is 42.5 Å². The van der Waals surface area contributed by atoms with E-state index in [0.717, 1.165) is 35.4 Å². The third-order valence-corrected chi connectivity index (χ3v) is 6.24. The van der Waals surface area contributed by atoms with Crippen LogP contribution in [-0.2, 0) is 17.1 Å². The first-order valence-corrected chi connectivity index (χ1v) is 10.3. The molecule has 1 heterocycles. The first-order valence-electron chi connectivity index (χ1n) is 10.3. The molecule has 2 aromatic rings. The molecular weight excluding hydrogens is 434 g/mol. The Morgan fingerprint density at radius 2 is 1.41 bits per heavy atom. The number of carbonyl (C=O) groups excluding carboxylic acids is 1. The quantitative estimate of drug-likeness (QED) is 0.571. The lowest BCUT2D eigenvalue weighted by molar-refractivity contribution is -0.138. The molecule has 1 saturated heterocycles. The van der Waals surface area contributed by atoms with Crippen LogP contribution < -0.4 is 4.90 Å². The maximum atomic E-state index is 13.1. The molecule has 2 aromatic carbocycles. The summed E-state index contributed by atoms with van der Waals surface area (Å²) in [6.07, 6.45) is -8.22. The number of benzene rings is 2. The van der Waals surface area contributed by atoms with E-state index in [1.165, 1.54) is 18.2 Å². The molecule has 1 amide bonds. The van der Waals surface area contributed by atoms with E-state index in [1.54, 1.807) is 11.8 Å². The number of amides is 1. The number of carbonyl (C=O) groups is 1. The van der Waals surface area contributed by atoms with Gasteiger partial charge in [-0.25, -0.2) is 0 Å². The van der Waals surface area contributed by atoms with Gasteiger partial charge in [-0.05, 0) is 54.7 Å². The first-order chi connectivity index (χ1) is 14.9. The number of anilines is 1. The monoisotopic (exact) mass is 456 g/mol. The number of hydrogen-bond acceptors (Lipinski definition) is 2. The lowest BCUT2D eigenvalue weighted by Gasteiger charge is -2.37. The van der Waals surface area contributed by atoms with Crippen LogP contribution >= 0.6 is 0 Å². The number of nitrogens with zero attached hydrogens (tertiary/aromatic N) is 2. The number of rotatable bonds is 3. The molecule has 4 rings (SSSR count). The Labute approximate surface area is 181 Å². The van der Waals surface area contributed by atoms with Gasteiger partial charge in [0.25, 0.3) is 0 Å². The highest BCUT2D eigenvalue weighted by molar-refractivity contribution is 5.83. The van der Waals surface area contributed by atoms with Crippen molar-refractivity contribution in [3.05, 3.63) is 64.7 Å².